The zero-order valence-corrected chi connectivity index (χ0v) is 5.18. The Bertz CT molecular complexity index is 222. The highest BCUT2D eigenvalue weighted by Crippen LogP contribution is 2.25. The molecular weight excluding hydrogens is 140 g/mol. The molecule has 2 nitrogen and oxygen atoms in total. The van der Waals surface area contributed by atoms with Crippen LogP contribution in [0, 0.1) is 0 Å². The van der Waals surface area contributed by atoms with E-state index in [1.807, 2.05) is 0 Å². The second kappa shape index (κ2) is 2.15. The second-order valence-electron chi connectivity index (χ2n) is 1.59. The summed E-state index contributed by atoms with van der Waals surface area (Å²) in [5.41, 5.74) is 0. The second-order valence-corrected chi connectivity index (χ2v) is 2.00. The minimum Gasteiger partial charge on any atom is -0.872 e. The van der Waals surface area contributed by atoms with Crippen molar-refractivity contribution in [1.82, 2.24) is 0 Å². The molecule has 0 aromatic heterocycles. The zero-order valence-electron chi connectivity index (χ0n) is 4.43. The molecule has 0 aliphatic heterocycles. The number of benzene rings is 1. The van der Waals surface area contributed by atoms with Crippen LogP contribution in [0.2, 0.25) is 5.02 Å². The molecule has 1 radical (unpaired) electrons. The quantitative estimate of drug-likeness (QED) is 0.542. The van der Waals surface area contributed by atoms with Crippen LogP contribution in [0.25, 0.3) is 0 Å². The van der Waals surface area contributed by atoms with Gasteiger partial charge >= 0.3 is 0 Å². The number of hydrogen-bond donors (Lipinski definition) is 0. The van der Waals surface area contributed by atoms with E-state index in [1.165, 1.54) is 6.07 Å². The van der Waals surface area contributed by atoms with Crippen molar-refractivity contribution in [3.63, 3.8) is 0 Å². The van der Waals surface area contributed by atoms with Gasteiger partial charge in [-0.2, -0.15) is 0 Å². The maximum Gasteiger partial charge on any atom is 0.197 e. The molecule has 0 aliphatic rings. The van der Waals surface area contributed by atoms with Gasteiger partial charge in [0.15, 0.2) is 5.75 Å². The van der Waals surface area contributed by atoms with Gasteiger partial charge in [-0.3, -0.25) is 5.11 Å². The Morgan fingerprint density at radius 2 is 2.11 bits per heavy atom. The first-order valence-corrected chi connectivity index (χ1v) is 2.71. The summed E-state index contributed by atoms with van der Waals surface area (Å²) in [5, 5.41) is 20.9. The van der Waals surface area contributed by atoms with E-state index in [9.17, 15) is 10.2 Å². The Morgan fingerprint density at radius 1 is 1.44 bits per heavy atom. The van der Waals surface area contributed by atoms with Crippen molar-refractivity contribution in [2.45, 2.75) is 0 Å². The van der Waals surface area contributed by atoms with Crippen LogP contribution < -0.4 is 5.11 Å². The lowest BCUT2D eigenvalue weighted by Gasteiger charge is -2.02. The molecule has 0 heterocycles. The molecule has 0 saturated heterocycles. The minimum absolute atomic E-state index is 0.0116. The van der Waals surface area contributed by atoms with Crippen molar-refractivity contribution in [3.8, 4) is 11.5 Å². The van der Waals surface area contributed by atoms with Crippen molar-refractivity contribution >= 4 is 11.6 Å². The fraction of sp³-hybridized carbons (Fsp3) is 0. The fourth-order valence-corrected chi connectivity index (χ4v) is 0.652. The van der Waals surface area contributed by atoms with Crippen LogP contribution in [0.3, 0.4) is 0 Å². The summed E-state index contributed by atoms with van der Waals surface area (Å²) in [6.45, 7) is 0. The van der Waals surface area contributed by atoms with E-state index in [4.69, 9.17) is 11.6 Å². The monoisotopic (exact) mass is 142 g/mol. The molecule has 3 heteroatoms. The van der Waals surface area contributed by atoms with Crippen LogP contribution in [0.1, 0.15) is 0 Å². The van der Waals surface area contributed by atoms with Gasteiger partial charge in [-0.15, -0.1) is 5.75 Å². The van der Waals surface area contributed by atoms with E-state index in [-0.39, 0.29) is 16.5 Å². The smallest absolute Gasteiger partial charge is 0.197 e. The van der Waals surface area contributed by atoms with Gasteiger partial charge < -0.3 is 5.11 Å². The molecule has 0 amide bonds. The molecule has 47 valence electrons. The fourth-order valence-electron chi connectivity index (χ4n) is 0.482. The van der Waals surface area contributed by atoms with Gasteiger partial charge in [0, 0.05) is 0 Å². The maximum atomic E-state index is 10.5. The molecule has 0 spiro atoms. The van der Waals surface area contributed by atoms with E-state index in [2.05, 4.69) is 0 Å². The van der Waals surface area contributed by atoms with Crippen molar-refractivity contribution in [2.75, 3.05) is 0 Å². The Labute approximate surface area is 57.3 Å². The van der Waals surface area contributed by atoms with E-state index in [0.29, 0.717) is 0 Å². The molecule has 0 bridgehead atoms. The van der Waals surface area contributed by atoms with E-state index in [1.54, 1.807) is 0 Å². The third kappa shape index (κ3) is 1.27. The zero-order chi connectivity index (χ0) is 6.85. The standard InChI is InChI=1S/C6H4ClO2/c7-5-3-4(8)1-2-6(5)9/h1-3,8H/p-1. The molecular formula is C6H3ClO2-. The first-order valence-electron chi connectivity index (χ1n) is 2.34. The first kappa shape index (κ1) is 6.23. The van der Waals surface area contributed by atoms with E-state index < -0.39 is 0 Å². The van der Waals surface area contributed by atoms with Crippen molar-refractivity contribution in [3.05, 3.63) is 23.2 Å². The van der Waals surface area contributed by atoms with Gasteiger partial charge in [0.05, 0.1) is 5.02 Å². The number of rotatable bonds is 0. The van der Waals surface area contributed by atoms with Crippen LogP contribution in [-0.2, 0) is 5.11 Å². The summed E-state index contributed by atoms with van der Waals surface area (Å²) in [6.07, 6.45) is 0. The number of halogens is 1. The Morgan fingerprint density at radius 3 is 2.56 bits per heavy atom. The summed E-state index contributed by atoms with van der Waals surface area (Å²) in [5.74, 6) is -0.545. The summed E-state index contributed by atoms with van der Waals surface area (Å²) >= 11 is 5.30. The third-order valence-electron chi connectivity index (χ3n) is 0.903. The molecule has 0 N–H and O–H groups in total. The van der Waals surface area contributed by atoms with Crippen molar-refractivity contribution in [1.29, 1.82) is 0 Å². The Kier molecular flexibility index (Phi) is 1.49. The SMILES string of the molecule is [O]c1ccc([O-])cc1Cl. The van der Waals surface area contributed by atoms with Crippen LogP contribution in [0.4, 0.5) is 0 Å². The lowest BCUT2D eigenvalue weighted by atomic mass is 10.3. The maximum absolute atomic E-state index is 10.5. The highest BCUT2D eigenvalue weighted by Gasteiger charge is 1.94. The molecule has 1 aromatic rings. The summed E-state index contributed by atoms with van der Waals surface area (Å²) < 4.78 is 0. The molecule has 0 atom stereocenters. The molecule has 0 saturated carbocycles. The topological polar surface area (TPSA) is 43.0 Å². The average Bonchev–Trinajstić information content (AvgIpc) is 1.80. The van der Waals surface area contributed by atoms with Crippen LogP contribution in [0.15, 0.2) is 18.2 Å². The predicted molar refractivity (Wildman–Crippen MR) is 31.0 cm³/mol. The number of hydrogen-bond acceptors (Lipinski definition) is 1. The lowest BCUT2D eigenvalue weighted by Crippen LogP contribution is -1.86. The molecule has 1 aromatic carbocycles. The highest BCUT2D eigenvalue weighted by molar-refractivity contribution is 6.32. The first-order chi connectivity index (χ1) is 4.20. The van der Waals surface area contributed by atoms with Gasteiger partial charge in [-0.05, 0) is 12.1 Å². The van der Waals surface area contributed by atoms with Gasteiger partial charge in [0.1, 0.15) is 0 Å². The van der Waals surface area contributed by atoms with E-state index in [0.717, 1.165) is 12.1 Å². The van der Waals surface area contributed by atoms with Crippen LogP contribution in [0.5, 0.6) is 11.5 Å². The normalized spacial score (nSPS) is 9.44. The Balaban J connectivity index is 3.17. The average molecular weight is 143 g/mol. The Hall–Kier alpha value is -0.890. The van der Waals surface area contributed by atoms with Crippen molar-refractivity contribution < 1.29 is 10.2 Å². The minimum atomic E-state index is -0.309. The van der Waals surface area contributed by atoms with E-state index >= 15 is 0 Å². The largest absolute Gasteiger partial charge is 0.872 e. The third-order valence-corrected chi connectivity index (χ3v) is 1.20. The van der Waals surface area contributed by atoms with Gasteiger partial charge in [-0.25, -0.2) is 0 Å². The van der Waals surface area contributed by atoms with Gasteiger partial charge in [-0.1, -0.05) is 17.7 Å². The van der Waals surface area contributed by atoms with Crippen LogP contribution in [-0.4, -0.2) is 0 Å². The summed E-state index contributed by atoms with van der Waals surface area (Å²) in [6, 6.07) is 3.45. The molecule has 0 fully saturated rings. The van der Waals surface area contributed by atoms with Crippen molar-refractivity contribution in [2.24, 2.45) is 0 Å². The molecule has 0 unspecified atom stereocenters. The lowest BCUT2D eigenvalue weighted by molar-refractivity contribution is -0.268. The van der Waals surface area contributed by atoms with Gasteiger partial charge in [0.25, 0.3) is 0 Å². The predicted octanol–water partition coefficient (Wildman–Crippen LogP) is 1.56. The molecule has 9 heavy (non-hydrogen) atoms. The highest BCUT2D eigenvalue weighted by atomic mass is 35.5. The van der Waals surface area contributed by atoms with Gasteiger partial charge in [0.2, 0.25) is 0 Å². The summed E-state index contributed by atoms with van der Waals surface area (Å²) in [7, 11) is 0. The van der Waals surface area contributed by atoms with Crippen LogP contribution >= 0.6 is 11.6 Å². The molecule has 1 rings (SSSR count). The summed E-state index contributed by atoms with van der Waals surface area (Å²) in [4.78, 5) is 0. The molecule has 0 aliphatic carbocycles.